The minimum Gasteiger partial charge on any atom is -0.488 e. The summed E-state index contributed by atoms with van der Waals surface area (Å²) in [6, 6.07) is 12.1. The van der Waals surface area contributed by atoms with Crippen LogP contribution in [0.25, 0.3) is 11.1 Å². The lowest BCUT2D eigenvalue weighted by Gasteiger charge is -2.37. The van der Waals surface area contributed by atoms with Gasteiger partial charge in [0.25, 0.3) is 0 Å². The number of nitrogens with zero attached hydrogens (tertiary/aromatic N) is 2. The van der Waals surface area contributed by atoms with E-state index in [9.17, 15) is 4.79 Å². The number of ether oxygens (including phenoxy) is 2. The van der Waals surface area contributed by atoms with E-state index in [2.05, 4.69) is 53.7 Å². The molecule has 0 fully saturated rings. The van der Waals surface area contributed by atoms with Crippen molar-refractivity contribution >= 4 is 5.78 Å². The molecule has 0 unspecified atom stereocenters. The van der Waals surface area contributed by atoms with Gasteiger partial charge in [0.2, 0.25) is 0 Å². The number of hydrogen-bond donors (Lipinski definition) is 0. The number of benzene rings is 2. The Morgan fingerprint density at radius 1 is 0.420 bits per heavy atom. The zero-order valence-corrected chi connectivity index (χ0v) is 33.5. The Kier molecular flexibility index (Phi) is 19.5. The molecule has 0 radical (unpaired) electrons. The molecule has 282 valence electrons. The molecule has 1 aliphatic rings. The first kappa shape index (κ1) is 42.0. The molecule has 0 aliphatic heterocycles. The first-order chi connectivity index (χ1) is 24.4. The molecule has 0 aromatic heterocycles. The van der Waals surface area contributed by atoms with E-state index in [4.69, 9.17) is 9.47 Å². The SMILES string of the molecule is CCCCCCCCCC[N+](CC)(CC)CCOc1ccc2c(c1)C(=O)c1cc(OCC[N+](CC)(CC)CCCCCCCCCC)ccc1-2. The Hall–Kier alpha value is -2.37. The van der Waals surface area contributed by atoms with Gasteiger partial charge < -0.3 is 18.4 Å². The number of rotatable bonds is 30. The molecular formula is C45H76N2O3+2. The first-order valence-corrected chi connectivity index (χ1v) is 21.2. The van der Waals surface area contributed by atoms with Crippen LogP contribution in [-0.2, 0) is 0 Å². The molecule has 2 aromatic carbocycles. The normalized spacial score (nSPS) is 12.7. The molecule has 0 amide bonds. The molecule has 0 heterocycles. The number of fused-ring (bicyclic) bond motifs is 3. The van der Waals surface area contributed by atoms with Gasteiger partial charge in [-0.25, -0.2) is 0 Å². The molecule has 5 nitrogen and oxygen atoms in total. The lowest BCUT2D eigenvalue weighted by atomic mass is 10.1. The summed E-state index contributed by atoms with van der Waals surface area (Å²) in [4.78, 5) is 13.6. The fourth-order valence-electron chi connectivity index (χ4n) is 8.03. The second kappa shape index (κ2) is 23.2. The monoisotopic (exact) mass is 693 g/mol. The summed E-state index contributed by atoms with van der Waals surface area (Å²) in [5.74, 6) is 1.67. The van der Waals surface area contributed by atoms with Crippen LogP contribution in [0, 0.1) is 0 Å². The van der Waals surface area contributed by atoms with E-state index in [0.717, 1.165) is 82.0 Å². The molecule has 0 bridgehead atoms. The van der Waals surface area contributed by atoms with Crippen molar-refractivity contribution in [3.05, 3.63) is 47.5 Å². The van der Waals surface area contributed by atoms with Gasteiger partial charge in [0, 0.05) is 11.1 Å². The largest absolute Gasteiger partial charge is 0.488 e. The third-order valence-electron chi connectivity index (χ3n) is 12.1. The van der Waals surface area contributed by atoms with Crippen molar-refractivity contribution in [3.63, 3.8) is 0 Å². The number of carbonyl (C=O) groups is 1. The summed E-state index contributed by atoms with van der Waals surface area (Å²) in [6.45, 7) is 24.2. The van der Waals surface area contributed by atoms with Crippen molar-refractivity contribution in [2.45, 2.75) is 144 Å². The van der Waals surface area contributed by atoms with Gasteiger partial charge in [0.1, 0.15) is 37.8 Å². The highest BCUT2D eigenvalue weighted by molar-refractivity contribution is 6.22. The molecule has 3 rings (SSSR count). The number of quaternary nitrogens is 2. The van der Waals surface area contributed by atoms with Crippen molar-refractivity contribution in [2.24, 2.45) is 0 Å². The van der Waals surface area contributed by atoms with Crippen molar-refractivity contribution in [1.82, 2.24) is 0 Å². The minimum absolute atomic E-state index is 0.0785. The van der Waals surface area contributed by atoms with E-state index < -0.39 is 0 Å². The predicted octanol–water partition coefficient (Wildman–Crippen LogP) is 11.7. The number of unbranched alkanes of at least 4 members (excludes halogenated alkanes) is 14. The number of likely N-dealkylation sites (N-methyl/N-ethyl adjacent to an activating group) is 2. The van der Waals surface area contributed by atoms with E-state index in [0.29, 0.717) is 13.2 Å². The third-order valence-corrected chi connectivity index (χ3v) is 12.1. The van der Waals surface area contributed by atoms with Gasteiger partial charge in [-0.2, -0.15) is 0 Å². The number of ketones is 1. The quantitative estimate of drug-likeness (QED) is 0.0515. The smallest absolute Gasteiger partial charge is 0.194 e. The van der Waals surface area contributed by atoms with E-state index in [1.54, 1.807) is 0 Å². The topological polar surface area (TPSA) is 35.5 Å². The standard InChI is InChI=1S/C45H76N2O3/c1-7-13-15-17-19-21-23-25-31-46(9-3,10-4)33-35-49-39-27-29-41-42-30-28-40(38-44(42)45(48)43(41)37-39)50-36-34-47(11-5,12-6)32-26-24-22-20-18-16-14-8-2/h27-30,37-38H,7-26,31-36H2,1-6H3/q+2. The summed E-state index contributed by atoms with van der Waals surface area (Å²) >= 11 is 0. The second-order valence-corrected chi connectivity index (χ2v) is 15.2. The molecule has 2 aromatic rings. The van der Waals surface area contributed by atoms with E-state index in [1.165, 1.54) is 116 Å². The Morgan fingerprint density at radius 2 is 0.760 bits per heavy atom. The fourth-order valence-corrected chi connectivity index (χ4v) is 8.03. The van der Waals surface area contributed by atoms with Crippen LogP contribution < -0.4 is 9.47 Å². The Labute approximate surface area is 308 Å². The molecule has 0 spiro atoms. The Bertz CT molecular complexity index is 1140. The molecular weight excluding hydrogens is 617 g/mol. The maximum atomic E-state index is 13.6. The molecule has 0 saturated carbocycles. The highest BCUT2D eigenvalue weighted by Gasteiger charge is 2.29. The van der Waals surface area contributed by atoms with Crippen LogP contribution in [-0.4, -0.2) is 80.3 Å². The maximum absolute atomic E-state index is 13.6. The van der Waals surface area contributed by atoms with Gasteiger partial charge in [-0.15, -0.1) is 0 Å². The average molecular weight is 693 g/mol. The molecule has 0 N–H and O–H groups in total. The zero-order valence-electron chi connectivity index (χ0n) is 33.5. The summed E-state index contributed by atoms with van der Waals surface area (Å²) in [6.07, 6.45) is 21.7. The summed E-state index contributed by atoms with van der Waals surface area (Å²) in [5, 5.41) is 0. The molecule has 0 saturated heterocycles. The highest BCUT2D eigenvalue weighted by atomic mass is 16.5. The Morgan fingerprint density at radius 3 is 1.10 bits per heavy atom. The van der Waals surface area contributed by atoms with Crippen LogP contribution in [0.3, 0.4) is 0 Å². The van der Waals surface area contributed by atoms with Crippen molar-refractivity contribution in [1.29, 1.82) is 0 Å². The van der Waals surface area contributed by atoms with Crippen LogP contribution in [0.15, 0.2) is 36.4 Å². The third kappa shape index (κ3) is 13.0. The highest BCUT2D eigenvalue weighted by Crippen LogP contribution is 2.40. The zero-order chi connectivity index (χ0) is 36.1. The number of carbonyl (C=O) groups excluding carboxylic acids is 1. The molecule has 1 aliphatic carbocycles. The minimum atomic E-state index is 0.0785. The molecule has 5 heteroatoms. The van der Waals surface area contributed by atoms with Crippen molar-refractivity contribution in [3.8, 4) is 22.6 Å². The van der Waals surface area contributed by atoms with Crippen LogP contribution in [0.2, 0.25) is 0 Å². The lowest BCUT2D eigenvalue weighted by molar-refractivity contribution is -0.925. The van der Waals surface area contributed by atoms with Crippen LogP contribution in [0.4, 0.5) is 0 Å². The van der Waals surface area contributed by atoms with E-state index in [-0.39, 0.29) is 5.78 Å². The molecule has 0 atom stereocenters. The molecule has 50 heavy (non-hydrogen) atoms. The Balaban J connectivity index is 1.47. The van der Waals surface area contributed by atoms with Crippen molar-refractivity contribution in [2.75, 3.05) is 65.6 Å². The van der Waals surface area contributed by atoms with Crippen LogP contribution in [0.1, 0.15) is 160 Å². The predicted molar refractivity (Wildman–Crippen MR) is 214 cm³/mol. The van der Waals surface area contributed by atoms with Gasteiger partial charge >= 0.3 is 0 Å². The van der Waals surface area contributed by atoms with Crippen LogP contribution >= 0.6 is 0 Å². The fraction of sp³-hybridized carbons (Fsp3) is 0.711. The van der Waals surface area contributed by atoms with E-state index >= 15 is 0 Å². The van der Waals surface area contributed by atoms with Gasteiger partial charge in [0.05, 0.1) is 39.3 Å². The summed E-state index contributed by atoms with van der Waals surface area (Å²) in [5.41, 5.74) is 3.50. The van der Waals surface area contributed by atoms with Gasteiger partial charge in [-0.3, -0.25) is 4.79 Å². The van der Waals surface area contributed by atoms with Gasteiger partial charge in [-0.1, -0.05) is 90.9 Å². The van der Waals surface area contributed by atoms with E-state index in [1.807, 2.05) is 24.3 Å². The van der Waals surface area contributed by atoms with Crippen molar-refractivity contribution < 1.29 is 23.2 Å². The van der Waals surface area contributed by atoms with Gasteiger partial charge in [-0.05, 0) is 101 Å². The second-order valence-electron chi connectivity index (χ2n) is 15.2. The summed E-state index contributed by atoms with van der Waals surface area (Å²) in [7, 11) is 0. The summed E-state index contributed by atoms with van der Waals surface area (Å²) < 4.78 is 14.8. The lowest BCUT2D eigenvalue weighted by Crippen LogP contribution is -2.50. The first-order valence-electron chi connectivity index (χ1n) is 21.2. The van der Waals surface area contributed by atoms with Gasteiger partial charge in [0.15, 0.2) is 5.78 Å². The average Bonchev–Trinajstić information content (AvgIpc) is 3.42. The maximum Gasteiger partial charge on any atom is 0.194 e. The van der Waals surface area contributed by atoms with Crippen LogP contribution in [0.5, 0.6) is 11.5 Å². The number of hydrogen-bond acceptors (Lipinski definition) is 3.